The standard InChI is InChI=1S/C54H86O/c1-5-9-13-41-17-25-45(26-18-41)47-33-37-51(38-34-47)53(49-29-21-43(22-30-49)15-11-7-3)55-54(50-31-23-44(24-32-50)16-12-8-4)52-39-35-48(36-40-52)46-27-19-42(20-28-46)14-10-6-2/h21-24,29-32,41-42,45-48,51-54H,5-20,25-28,33-40H2,1-4H3/t41-,42-,45-,46-,47-,48-,51-,52-,53?,54?. The van der Waals surface area contributed by atoms with Crippen LogP contribution < -0.4 is 0 Å². The third kappa shape index (κ3) is 12.7. The second-order valence-corrected chi connectivity index (χ2v) is 19.9. The van der Waals surface area contributed by atoms with E-state index < -0.39 is 0 Å². The molecule has 1 nitrogen and oxygen atoms in total. The van der Waals surface area contributed by atoms with Crippen molar-refractivity contribution in [2.75, 3.05) is 0 Å². The zero-order valence-electron chi connectivity index (χ0n) is 36.6. The van der Waals surface area contributed by atoms with Gasteiger partial charge in [-0.3, -0.25) is 0 Å². The van der Waals surface area contributed by atoms with Crippen LogP contribution in [0.5, 0.6) is 0 Å². The van der Waals surface area contributed by atoms with Gasteiger partial charge in [0.15, 0.2) is 0 Å². The van der Waals surface area contributed by atoms with Gasteiger partial charge in [-0.2, -0.15) is 0 Å². The number of rotatable bonds is 20. The number of unbranched alkanes of at least 4 members (excludes halogenated alkanes) is 4. The summed E-state index contributed by atoms with van der Waals surface area (Å²) in [4.78, 5) is 0. The molecule has 2 unspecified atom stereocenters. The van der Waals surface area contributed by atoms with Gasteiger partial charge in [-0.15, -0.1) is 0 Å². The zero-order valence-corrected chi connectivity index (χ0v) is 36.6. The fourth-order valence-corrected chi connectivity index (χ4v) is 12.3. The maximum atomic E-state index is 7.81. The van der Waals surface area contributed by atoms with Gasteiger partial charge in [-0.25, -0.2) is 0 Å². The van der Waals surface area contributed by atoms with Gasteiger partial charge in [-0.05, 0) is 172 Å². The summed E-state index contributed by atoms with van der Waals surface area (Å²) in [5, 5.41) is 0. The molecular formula is C54H86O. The van der Waals surface area contributed by atoms with E-state index in [0.717, 1.165) is 35.5 Å². The van der Waals surface area contributed by atoms with Gasteiger partial charge in [0.25, 0.3) is 0 Å². The van der Waals surface area contributed by atoms with E-state index in [-0.39, 0.29) is 12.2 Å². The van der Waals surface area contributed by atoms with Crippen molar-refractivity contribution in [3.8, 4) is 0 Å². The highest BCUT2D eigenvalue weighted by atomic mass is 16.5. The van der Waals surface area contributed by atoms with Gasteiger partial charge in [0, 0.05) is 0 Å². The average Bonchev–Trinajstić information content (AvgIpc) is 3.25. The molecule has 55 heavy (non-hydrogen) atoms. The van der Waals surface area contributed by atoms with E-state index in [4.69, 9.17) is 4.74 Å². The van der Waals surface area contributed by atoms with E-state index in [1.807, 2.05) is 0 Å². The van der Waals surface area contributed by atoms with Gasteiger partial charge in [0.1, 0.15) is 0 Å². The molecule has 308 valence electrons. The minimum atomic E-state index is 0.201. The van der Waals surface area contributed by atoms with Crippen molar-refractivity contribution in [1.29, 1.82) is 0 Å². The summed E-state index contributed by atoms with van der Waals surface area (Å²) in [6.45, 7) is 9.35. The van der Waals surface area contributed by atoms with Crippen molar-refractivity contribution in [1.82, 2.24) is 0 Å². The minimum Gasteiger partial charge on any atom is -0.365 e. The number of aryl methyl sites for hydroxylation is 2. The van der Waals surface area contributed by atoms with Crippen molar-refractivity contribution >= 4 is 0 Å². The third-order valence-electron chi connectivity index (χ3n) is 16.1. The molecule has 0 spiro atoms. The smallest absolute Gasteiger partial charge is 0.0861 e. The van der Waals surface area contributed by atoms with Crippen LogP contribution in [0, 0.1) is 47.3 Å². The van der Waals surface area contributed by atoms with Crippen LogP contribution in [0.2, 0.25) is 0 Å². The Morgan fingerprint density at radius 3 is 1.02 bits per heavy atom. The van der Waals surface area contributed by atoms with Crippen molar-refractivity contribution in [3.05, 3.63) is 70.8 Å². The zero-order chi connectivity index (χ0) is 38.2. The summed E-state index contributed by atoms with van der Waals surface area (Å²) in [6.07, 6.45) is 39.5. The van der Waals surface area contributed by atoms with Crippen LogP contribution in [-0.4, -0.2) is 0 Å². The highest BCUT2D eigenvalue weighted by Crippen LogP contribution is 2.50. The molecule has 2 aromatic rings. The monoisotopic (exact) mass is 751 g/mol. The molecular weight excluding hydrogens is 665 g/mol. The average molecular weight is 751 g/mol. The molecule has 0 amide bonds. The van der Waals surface area contributed by atoms with Crippen molar-refractivity contribution in [2.24, 2.45) is 47.3 Å². The predicted octanol–water partition coefficient (Wildman–Crippen LogP) is 16.8. The Bertz CT molecular complexity index is 1180. The molecule has 0 aromatic heterocycles. The molecule has 0 bridgehead atoms. The van der Waals surface area contributed by atoms with Crippen LogP contribution in [0.3, 0.4) is 0 Å². The number of ether oxygens (including phenoxy) is 1. The second-order valence-electron chi connectivity index (χ2n) is 19.9. The molecule has 2 atom stereocenters. The Labute approximate surface area is 341 Å². The summed E-state index contributed by atoms with van der Waals surface area (Å²) in [5.74, 6) is 7.15. The second kappa shape index (κ2) is 23.1. The van der Waals surface area contributed by atoms with Crippen molar-refractivity contribution < 1.29 is 4.74 Å². The molecule has 4 aliphatic carbocycles. The van der Waals surface area contributed by atoms with Crippen LogP contribution in [0.25, 0.3) is 0 Å². The maximum absolute atomic E-state index is 7.81. The van der Waals surface area contributed by atoms with Crippen molar-refractivity contribution in [3.63, 3.8) is 0 Å². The Kier molecular flexibility index (Phi) is 18.1. The molecule has 0 heterocycles. The van der Waals surface area contributed by atoms with Crippen LogP contribution in [0.1, 0.15) is 229 Å². The first kappa shape index (κ1) is 43.0. The maximum Gasteiger partial charge on any atom is 0.0861 e. The molecule has 6 rings (SSSR count). The van der Waals surface area contributed by atoms with Crippen molar-refractivity contribution in [2.45, 2.75) is 220 Å². The molecule has 0 radical (unpaired) electrons. The summed E-state index contributed by atoms with van der Waals surface area (Å²) in [5.41, 5.74) is 5.91. The lowest BCUT2D eigenvalue weighted by molar-refractivity contribution is -0.0934. The summed E-state index contributed by atoms with van der Waals surface area (Å²) >= 11 is 0. The molecule has 0 saturated heterocycles. The number of hydrogen-bond donors (Lipinski definition) is 0. The quantitative estimate of drug-likeness (QED) is 0.131. The lowest BCUT2D eigenvalue weighted by Crippen LogP contribution is -2.31. The SMILES string of the molecule is CCCCc1ccc(C(OC(c2ccc(CCCC)cc2)[C@H]2CC[C@H]([C@H]3CC[C@H](CCCC)CC3)CC2)[C@H]2CC[C@H]([C@H]3CC[C@H](CCCC)CC3)CC2)cc1. The number of benzene rings is 2. The molecule has 4 fully saturated rings. The minimum absolute atomic E-state index is 0.201. The van der Waals surface area contributed by atoms with Gasteiger partial charge in [0.05, 0.1) is 12.2 Å². The molecule has 2 aromatic carbocycles. The highest BCUT2D eigenvalue weighted by molar-refractivity contribution is 5.28. The largest absolute Gasteiger partial charge is 0.365 e. The first-order valence-electron chi connectivity index (χ1n) is 24.9. The fourth-order valence-electron chi connectivity index (χ4n) is 12.3. The topological polar surface area (TPSA) is 9.23 Å². The summed E-state index contributed by atoms with van der Waals surface area (Å²) in [7, 11) is 0. The highest BCUT2D eigenvalue weighted by Gasteiger charge is 2.39. The van der Waals surface area contributed by atoms with Gasteiger partial charge >= 0.3 is 0 Å². The summed E-state index contributed by atoms with van der Waals surface area (Å²) in [6, 6.07) is 19.7. The van der Waals surface area contributed by atoms with E-state index in [2.05, 4.69) is 76.2 Å². The normalized spacial score (nSPS) is 30.2. The fraction of sp³-hybridized carbons (Fsp3) is 0.778. The van der Waals surface area contributed by atoms with Crippen LogP contribution in [0.15, 0.2) is 48.5 Å². The van der Waals surface area contributed by atoms with E-state index in [1.165, 1.54) is 202 Å². The third-order valence-corrected chi connectivity index (χ3v) is 16.1. The van der Waals surface area contributed by atoms with E-state index in [9.17, 15) is 0 Å². The first-order valence-corrected chi connectivity index (χ1v) is 24.9. The van der Waals surface area contributed by atoms with Crippen LogP contribution >= 0.6 is 0 Å². The Balaban J connectivity index is 1.16. The van der Waals surface area contributed by atoms with Crippen LogP contribution in [0.4, 0.5) is 0 Å². The Hall–Kier alpha value is -1.60. The Morgan fingerprint density at radius 2 is 0.709 bits per heavy atom. The first-order chi connectivity index (χ1) is 27.1. The molecule has 4 aliphatic rings. The lowest BCUT2D eigenvalue weighted by atomic mass is 9.67. The van der Waals surface area contributed by atoms with Gasteiger partial charge in [0.2, 0.25) is 0 Å². The molecule has 4 saturated carbocycles. The van der Waals surface area contributed by atoms with E-state index in [0.29, 0.717) is 11.8 Å². The molecule has 0 aliphatic heterocycles. The number of hydrogen-bond acceptors (Lipinski definition) is 1. The van der Waals surface area contributed by atoms with Gasteiger partial charge in [-0.1, -0.05) is 153 Å². The van der Waals surface area contributed by atoms with Crippen LogP contribution in [-0.2, 0) is 17.6 Å². The Morgan fingerprint density at radius 1 is 0.400 bits per heavy atom. The molecule has 1 heteroatoms. The van der Waals surface area contributed by atoms with E-state index in [1.54, 1.807) is 0 Å². The lowest BCUT2D eigenvalue weighted by Gasteiger charge is -2.43. The van der Waals surface area contributed by atoms with E-state index >= 15 is 0 Å². The van der Waals surface area contributed by atoms with Gasteiger partial charge < -0.3 is 4.74 Å². The predicted molar refractivity (Wildman–Crippen MR) is 238 cm³/mol. The summed E-state index contributed by atoms with van der Waals surface area (Å²) < 4.78 is 7.81. The molecule has 0 N–H and O–H groups in total.